The topological polar surface area (TPSA) is 25.4 Å². The summed E-state index contributed by atoms with van der Waals surface area (Å²) in [6.07, 6.45) is 5.59. The molecule has 0 spiro atoms. The van der Waals surface area contributed by atoms with Crippen molar-refractivity contribution >= 4 is 10.9 Å². The average molecular weight is 282 g/mol. The van der Waals surface area contributed by atoms with Gasteiger partial charge in [-0.3, -0.25) is 4.90 Å². The molecule has 2 heterocycles. The summed E-state index contributed by atoms with van der Waals surface area (Å²) in [5.74, 6) is 1.81. The van der Waals surface area contributed by atoms with Crippen molar-refractivity contribution in [1.82, 2.24) is 9.88 Å². The molecule has 21 heavy (non-hydrogen) atoms. The Bertz CT molecular complexity index is 655. The molecule has 2 atom stereocenters. The molecule has 1 aliphatic heterocycles. The maximum atomic E-state index is 5.45. The minimum atomic E-state index is 0.806. The van der Waals surface area contributed by atoms with Gasteiger partial charge in [-0.05, 0) is 43.9 Å². The van der Waals surface area contributed by atoms with Crippen molar-refractivity contribution < 1.29 is 4.74 Å². The fourth-order valence-electron chi connectivity index (χ4n) is 4.15. The molecule has 110 valence electrons. The molecule has 0 radical (unpaired) electrons. The number of benzene rings is 1. The summed E-state index contributed by atoms with van der Waals surface area (Å²) >= 11 is 0. The Hall–Kier alpha value is -1.61. The molecule has 0 unspecified atom stereocenters. The largest absolute Gasteiger partial charge is 0.494 e. The molecule has 1 aromatic heterocycles. The first kappa shape index (κ1) is 13.1. The van der Waals surface area contributed by atoms with Crippen LogP contribution in [-0.2, 0) is 6.54 Å². The Morgan fingerprint density at radius 2 is 2.14 bits per heavy atom. The summed E-state index contributed by atoms with van der Waals surface area (Å²) in [6, 6.07) is 11.2. The molecule has 3 heteroatoms. The van der Waals surface area contributed by atoms with Crippen molar-refractivity contribution in [2.24, 2.45) is 5.92 Å². The number of likely N-dealkylation sites (tertiary alicyclic amines) is 1. The van der Waals surface area contributed by atoms with Crippen LogP contribution in [0.1, 0.15) is 31.4 Å². The summed E-state index contributed by atoms with van der Waals surface area (Å²) in [6.45, 7) is 2.22. The van der Waals surface area contributed by atoms with Gasteiger partial charge in [0, 0.05) is 18.0 Å². The summed E-state index contributed by atoms with van der Waals surface area (Å²) in [7, 11) is 1.72. The quantitative estimate of drug-likeness (QED) is 0.860. The van der Waals surface area contributed by atoms with Crippen LogP contribution in [0.15, 0.2) is 30.3 Å². The van der Waals surface area contributed by atoms with Crippen LogP contribution in [-0.4, -0.2) is 29.6 Å². The predicted octanol–water partition coefficient (Wildman–Crippen LogP) is 3.62. The standard InChI is InChI=1S/C18H22N2O/c1-21-17-7-3-5-14-8-9-15(19-18(14)17)12-20-11-10-13-4-2-6-16(13)20/h3,5,7-9,13,16H,2,4,6,10-12H2,1H3/t13-,16-/m1/s1. The van der Waals surface area contributed by atoms with Crippen LogP contribution < -0.4 is 4.74 Å². The number of rotatable bonds is 3. The number of methoxy groups -OCH3 is 1. The molecule has 0 bridgehead atoms. The van der Waals surface area contributed by atoms with Crippen LogP contribution in [0.2, 0.25) is 0 Å². The molecule has 0 amide bonds. The Labute approximate surface area is 125 Å². The van der Waals surface area contributed by atoms with Gasteiger partial charge in [-0.15, -0.1) is 0 Å². The van der Waals surface area contributed by atoms with E-state index in [0.29, 0.717) is 0 Å². The first-order valence-corrected chi connectivity index (χ1v) is 8.02. The first-order valence-electron chi connectivity index (χ1n) is 8.02. The maximum absolute atomic E-state index is 5.45. The normalized spacial score (nSPS) is 25.4. The second-order valence-corrected chi connectivity index (χ2v) is 6.35. The van der Waals surface area contributed by atoms with Crippen molar-refractivity contribution in [3.63, 3.8) is 0 Å². The molecule has 1 aromatic carbocycles. The van der Waals surface area contributed by atoms with E-state index in [0.717, 1.165) is 35.2 Å². The van der Waals surface area contributed by atoms with Gasteiger partial charge in [-0.25, -0.2) is 4.98 Å². The highest BCUT2D eigenvalue weighted by molar-refractivity contribution is 5.84. The van der Waals surface area contributed by atoms with E-state index in [1.165, 1.54) is 37.9 Å². The van der Waals surface area contributed by atoms with E-state index in [1.807, 2.05) is 12.1 Å². The van der Waals surface area contributed by atoms with Gasteiger partial charge in [0.15, 0.2) is 0 Å². The number of fused-ring (bicyclic) bond motifs is 2. The summed E-state index contributed by atoms with van der Waals surface area (Å²) < 4.78 is 5.45. The van der Waals surface area contributed by atoms with Crippen molar-refractivity contribution in [3.8, 4) is 5.75 Å². The molecule has 0 N–H and O–H groups in total. The van der Waals surface area contributed by atoms with Gasteiger partial charge in [0.2, 0.25) is 0 Å². The van der Waals surface area contributed by atoms with E-state index < -0.39 is 0 Å². The molecule has 3 nitrogen and oxygen atoms in total. The van der Waals surface area contributed by atoms with E-state index in [1.54, 1.807) is 7.11 Å². The van der Waals surface area contributed by atoms with Crippen molar-refractivity contribution in [2.45, 2.75) is 38.3 Å². The number of aromatic nitrogens is 1. The Morgan fingerprint density at radius 3 is 3.05 bits per heavy atom. The number of ether oxygens (including phenoxy) is 1. The molecule has 1 aliphatic carbocycles. The number of pyridine rings is 1. The zero-order valence-corrected chi connectivity index (χ0v) is 12.6. The molecule has 2 aliphatic rings. The highest BCUT2D eigenvalue weighted by Gasteiger charge is 2.37. The highest BCUT2D eigenvalue weighted by Crippen LogP contribution is 2.38. The number of hydrogen-bond acceptors (Lipinski definition) is 3. The van der Waals surface area contributed by atoms with Gasteiger partial charge < -0.3 is 4.74 Å². The molecule has 4 rings (SSSR count). The molecular formula is C18H22N2O. The molecule has 2 fully saturated rings. The number of para-hydroxylation sites is 1. The average Bonchev–Trinajstić information content (AvgIpc) is 3.12. The van der Waals surface area contributed by atoms with E-state index in [2.05, 4.69) is 23.1 Å². The molecule has 1 saturated heterocycles. The predicted molar refractivity (Wildman–Crippen MR) is 84.5 cm³/mol. The number of nitrogens with zero attached hydrogens (tertiary/aromatic N) is 2. The van der Waals surface area contributed by atoms with Crippen LogP contribution in [0, 0.1) is 5.92 Å². The SMILES string of the molecule is COc1cccc2ccc(CN3CC[C@H]4CCC[C@H]43)nc12. The lowest BCUT2D eigenvalue weighted by molar-refractivity contribution is 0.230. The maximum Gasteiger partial charge on any atom is 0.145 e. The van der Waals surface area contributed by atoms with Crippen molar-refractivity contribution in [3.05, 3.63) is 36.0 Å². The van der Waals surface area contributed by atoms with Crippen LogP contribution in [0.25, 0.3) is 10.9 Å². The second-order valence-electron chi connectivity index (χ2n) is 6.35. The fraction of sp³-hybridized carbons (Fsp3) is 0.500. The molecule has 2 aromatic rings. The lowest BCUT2D eigenvalue weighted by Gasteiger charge is -2.23. The molecular weight excluding hydrogens is 260 g/mol. The lowest BCUT2D eigenvalue weighted by atomic mass is 10.0. The Kier molecular flexibility index (Phi) is 3.30. The summed E-state index contributed by atoms with van der Waals surface area (Å²) in [5.41, 5.74) is 2.15. The van der Waals surface area contributed by atoms with Gasteiger partial charge >= 0.3 is 0 Å². The first-order chi connectivity index (χ1) is 10.3. The third kappa shape index (κ3) is 2.30. The Morgan fingerprint density at radius 1 is 1.19 bits per heavy atom. The van der Waals surface area contributed by atoms with Crippen molar-refractivity contribution in [2.75, 3.05) is 13.7 Å². The minimum Gasteiger partial charge on any atom is -0.494 e. The van der Waals surface area contributed by atoms with E-state index in [-0.39, 0.29) is 0 Å². The smallest absolute Gasteiger partial charge is 0.145 e. The monoisotopic (exact) mass is 282 g/mol. The number of hydrogen-bond donors (Lipinski definition) is 0. The zero-order chi connectivity index (χ0) is 14.2. The van der Waals surface area contributed by atoms with Crippen LogP contribution in [0.4, 0.5) is 0 Å². The van der Waals surface area contributed by atoms with E-state index in [9.17, 15) is 0 Å². The van der Waals surface area contributed by atoms with Gasteiger partial charge in [-0.1, -0.05) is 24.6 Å². The second kappa shape index (κ2) is 5.30. The van der Waals surface area contributed by atoms with Crippen LogP contribution in [0.3, 0.4) is 0 Å². The fourth-order valence-corrected chi connectivity index (χ4v) is 4.15. The third-order valence-electron chi connectivity index (χ3n) is 5.20. The van der Waals surface area contributed by atoms with E-state index in [4.69, 9.17) is 9.72 Å². The lowest BCUT2D eigenvalue weighted by Crippen LogP contribution is -2.29. The summed E-state index contributed by atoms with van der Waals surface area (Å²) in [5, 5.41) is 1.15. The van der Waals surface area contributed by atoms with Gasteiger partial charge in [0.25, 0.3) is 0 Å². The van der Waals surface area contributed by atoms with Gasteiger partial charge in [-0.2, -0.15) is 0 Å². The Balaban J connectivity index is 1.62. The highest BCUT2D eigenvalue weighted by atomic mass is 16.5. The third-order valence-corrected chi connectivity index (χ3v) is 5.20. The molecule has 1 saturated carbocycles. The van der Waals surface area contributed by atoms with Crippen LogP contribution >= 0.6 is 0 Å². The van der Waals surface area contributed by atoms with Crippen molar-refractivity contribution in [1.29, 1.82) is 0 Å². The zero-order valence-electron chi connectivity index (χ0n) is 12.6. The van der Waals surface area contributed by atoms with Gasteiger partial charge in [0.1, 0.15) is 11.3 Å². The summed E-state index contributed by atoms with van der Waals surface area (Å²) in [4.78, 5) is 7.50. The minimum absolute atomic E-state index is 0.806. The van der Waals surface area contributed by atoms with Gasteiger partial charge in [0.05, 0.1) is 12.8 Å². The van der Waals surface area contributed by atoms with E-state index >= 15 is 0 Å². The van der Waals surface area contributed by atoms with Crippen LogP contribution in [0.5, 0.6) is 5.75 Å².